The van der Waals surface area contributed by atoms with E-state index in [1.165, 1.54) is 0 Å². The summed E-state index contributed by atoms with van der Waals surface area (Å²) in [6, 6.07) is 10.2. The van der Waals surface area contributed by atoms with Gasteiger partial charge in [-0.2, -0.15) is 0 Å². The molecule has 0 aliphatic carbocycles. The summed E-state index contributed by atoms with van der Waals surface area (Å²) in [4.78, 5) is 4.62. The monoisotopic (exact) mass is 243 g/mol. The molecular weight excluding hydrogens is 226 g/mol. The van der Waals surface area contributed by atoms with E-state index in [1.54, 1.807) is 0 Å². The Balaban J connectivity index is 1.75. The average molecular weight is 243 g/mol. The highest BCUT2D eigenvalue weighted by Crippen LogP contribution is 2.30. The Kier molecular flexibility index (Phi) is 2.92. The summed E-state index contributed by atoms with van der Waals surface area (Å²) in [5.41, 5.74) is 2.17. The Bertz CT molecular complexity index is 481. The second-order valence-corrected chi connectivity index (χ2v) is 4.98. The highest BCUT2D eigenvalue weighted by Gasteiger charge is 2.43. The van der Waals surface area contributed by atoms with E-state index in [1.807, 2.05) is 37.3 Å². The Hall–Kier alpha value is -1.61. The van der Waals surface area contributed by atoms with Crippen LogP contribution in [0, 0.1) is 0 Å². The molecule has 0 aromatic heterocycles. The maximum atomic E-state index is 5.97. The molecular formula is C15H17NO2. The molecule has 18 heavy (non-hydrogen) atoms. The van der Waals surface area contributed by atoms with E-state index in [-0.39, 0.29) is 18.2 Å². The van der Waals surface area contributed by atoms with Crippen LogP contribution in [0.4, 0.5) is 0 Å². The van der Waals surface area contributed by atoms with E-state index in [0.717, 1.165) is 23.5 Å². The van der Waals surface area contributed by atoms with Crippen molar-refractivity contribution in [1.82, 2.24) is 0 Å². The van der Waals surface area contributed by atoms with Gasteiger partial charge >= 0.3 is 0 Å². The third-order valence-electron chi connectivity index (χ3n) is 3.33. The summed E-state index contributed by atoms with van der Waals surface area (Å²) in [6.45, 7) is 6.61. The van der Waals surface area contributed by atoms with Crippen LogP contribution in [0.15, 0.2) is 47.5 Å². The van der Waals surface area contributed by atoms with Crippen molar-refractivity contribution in [2.24, 2.45) is 4.99 Å². The fourth-order valence-corrected chi connectivity index (χ4v) is 2.48. The molecule has 3 atom stereocenters. The minimum absolute atomic E-state index is 0.0527. The van der Waals surface area contributed by atoms with Gasteiger partial charge in [0.05, 0.1) is 6.61 Å². The number of ether oxygens (including phenoxy) is 2. The van der Waals surface area contributed by atoms with Gasteiger partial charge in [-0.05, 0) is 25.5 Å². The van der Waals surface area contributed by atoms with Crippen LogP contribution in [-0.4, -0.2) is 30.8 Å². The summed E-state index contributed by atoms with van der Waals surface area (Å²) < 4.78 is 11.7. The second-order valence-electron chi connectivity index (χ2n) is 4.98. The standard InChI is InChI=1S/C15H17NO2/c1-10(2)8-13-14-12(9-17-13)16-15(18-14)11-6-4-3-5-7-11/h3-7,12-14H,1,8-9H2,2H3/t12-,13-,14-/m0/s1. The van der Waals surface area contributed by atoms with Crippen LogP contribution >= 0.6 is 0 Å². The molecule has 0 unspecified atom stereocenters. The molecule has 0 N–H and O–H groups in total. The Morgan fingerprint density at radius 2 is 2.17 bits per heavy atom. The topological polar surface area (TPSA) is 30.8 Å². The third-order valence-corrected chi connectivity index (χ3v) is 3.33. The lowest BCUT2D eigenvalue weighted by Gasteiger charge is -2.17. The van der Waals surface area contributed by atoms with E-state index in [4.69, 9.17) is 9.47 Å². The van der Waals surface area contributed by atoms with Crippen molar-refractivity contribution in [3.8, 4) is 0 Å². The number of benzene rings is 1. The largest absolute Gasteiger partial charge is 0.469 e. The molecule has 0 bridgehead atoms. The highest BCUT2D eigenvalue weighted by atomic mass is 16.6. The number of nitrogens with zero attached hydrogens (tertiary/aromatic N) is 1. The van der Waals surface area contributed by atoms with Crippen LogP contribution in [0.2, 0.25) is 0 Å². The average Bonchev–Trinajstić information content (AvgIpc) is 2.92. The van der Waals surface area contributed by atoms with Gasteiger partial charge in [0, 0.05) is 5.56 Å². The molecule has 0 radical (unpaired) electrons. The normalized spacial score (nSPS) is 29.6. The Labute approximate surface area is 107 Å². The molecule has 3 heteroatoms. The van der Waals surface area contributed by atoms with E-state index in [9.17, 15) is 0 Å². The molecule has 1 aromatic rings. The fraction of sp³-hybridized carbons (Fsp3) is 0.400. The Morgan fingerprint density at radius 3 is 2.89 bits per heavy atom. The smallest absolute Gasteiger partial charge is 0.217 e. The van der Waals surface area contributed by atoms with Gasteiger partial charge in [-0.15, -0.1) is 6.58 Å². The van der Waals surface area contributed by atoms with Gasteiger partial charge in [0.25, 0.3) is 0 Å². The lowest BCUT2D eigenvalue weighted by Crippen LogP contribution is -2.29. The van der Waals surface area contributed by atoms with E-state index < -0.39 is 0 Å². The summed E-state index contributed by atoms with van der Waals surface area (Å²) in [7, 11) is 0. The predicted octanol–water partition coefficient (Wildman–Crippen LogP) is 2.57. The molecule has 2 aliphatic rings. The Morgan fingerprint density at radius 1 is 1.39 bits per heavy atom. The lowest BCUT2D eigenvalue weighted by molar-refractivity contribution is 0.0518. The van der Waals surface area contributed by atoms with Gasteiger partial charge in [0.2, 0.25) is 5.90 Å². The van der Waals surface area contributed by atoms with Crippen LogP contribution in [0.1, 0.15) is 18.9 Å². The maximum Gasteiger partial charge on any atom is 0.217 e. The van der Waals surface area contributed by atoms with Crippen LogP contribution in [0.3, 0.4) is 0 Å². The summed E-state index contributed by atoms with van der Waals surface area (Å²) in [5, 5.41) is 0. The number of rotatable bonds is 3. The van der Waals surface area contributed by atoms with Crippen LogP contribution < -0.4 is 0 Å². The van der Waals surface area contributed by atoms with Crippen molar-refractivity contribution >= 4 is 5.90 Å². The first-order chi connectivity index (χ1) is 8.74. The van der Waals surface area contributed by atoms with Crippen molar-refractivity contribution < 1.29 is 9.47 Å². The molecule has 94 valence electrons. The predicted molar refractivity (Wildman–Crippen MR) is 70.8 cm³/mol. The van der Waals surface area contributed by atoms with Gasteiger partial charge in [-0.1, -0.05) is 23.8 Å². The SMILES string of the molecule is C=C(C)C[C@@H]1OC[C@@H]2N=C(c3ccccc3)O[C@@H]21. The van der Waals surface area contributed by atoms with E-state index >= 15 is 0 Å². The quantitative estimate of drug-likeness (QED) is 0.764. The number of hydrogen-bond donors (Lipinski definition) is 0. The van der Waals surface area contributed by atoms with Gasteiger partial charge in [0.1, 0.15) is 12.1 Å². The first-order valence-corrected chi connectivity index (χ1v) is 6.30. The van der Waals surface area contributed by atoms with Crippen LogP contribution in [-0.2, 0) is 9.47 Å². The fourth-order valence-electron chi connectivity index (χ4n) is 2.48. The molecule has 3 rings (SSSR count). The molecule has 2 aliphatic heterocycles. The highest BCUT2D eigenvalue weighted by molar-refractivity contribution is 5.95. The van der Waals surface area contributed by atoms with E-state index in [0.29, 0.717) is 6.61 Å². The number of fused-ring (bicyclic) bond motifs is 1. The van der Waals surface area contributed by atoms with Gasteiger partial charge in [0.15, 0.2) is 6.10 Å². The van der Waals surface area contributed by atoms with Gasteiger partial charge in [-0.3, -0.25) is 0 Å². The zero-order valence-corrected chi connectivity index (χ0v) is 10.5. The maximum absolute atomic E-state index is 5.97. The van der Waals surface area contributed by atoms with Crippen molar-refractivity contribution in [3.05, 3.63) is 48.0 Å². The van der Waals surface area contributed by atoms with Gasteiger partial charge in [-0.25, -0.2) is 4.99 Å². The van der Waals surface area contributed by atoms with Gasteiger partial charge < -0.3 is 9.47 Å². The van der Waals surface area contributed by atoms with Crippen LogP contribution in [0.5, 0.6) is 0 Å². The van der Waals surface area contributed by atoms with Crippen molar-refractivity contribution in [2.45, 2.75) is 31.6 Å². The second kappa shape index (κ2) is 4.58. The first kappa shape index (κ1) is 11.5. The first-order valence-electron chi connectivity index (χ1n) is 6.30. The van der Waals surface area contributed by atoms with Crippen molar-refractivity contribution in [1.29, 1.82) is 0 Å². The lowest BCUT2D eigenvalue weighted by atomic mass is 10.0. The van der Waals surface area contributed by atoms with Crippen molar-refractivity contribution in [3.63, 3.8) is 0 Å². The zero-order valence-electron chi connectivity index (χ0n) is 10.5. The molecule has 1 saturated heterocycles. The summed E-state index contributed by atoms with van der Waals surface area (Å²) >= 11 is 0. The van der Waals surface area contributed by atoms with Crippen LogP contribution in [0.25, 0.3) is 0 Å². The molecule has 0 amide bonds. The minimum Gasteiger partial charge on any atom is -0.469 e. The molecule has 0 spiro atoms. The molecule has 1 aromatic carbocycles. The minimum atomic E-state index is 0.0527. The molecule has 0 saturated carbocycles. The van der Waals surface area contributed by atoms with E-state index in [2.05, 4.69) is 11.6 Å². The number of hydrogen-bond acceptors (Lipinski definition) is 3. The third kappa shape index (κ3) is 2.06. The molecule has 2 heterocycles. The summed E-state index contributed by atoms with van der Waals surface area (Å²) in [5.74, 6) is 0.751. The van der Waals surface area contributed by atoms with Crippen molar-refractivity contribution in [2.75, 3.05) is 6.61 Å². The summed E-state index contributed by atoms with van der Waals surface area (Å²) in [6.07, 6.45) is 0.994. The molecule has 3 nitrogen and oxygen atoms in total. The number of aliphatic imine (C=N–C) groups is 1. The zero-order chi connectivity index (χ0) is 12.5. The molecule has 1 fully saturated rings.